The van der Waals surface area contributed by atoms with Crippen molar-refractivity contribution in [2.45, 2.75) is 23.5 Å². The number of Topliss-reactive ketones (excluding diaryl/α,β-unsaturated/α-hetero) is 1. The summed E-state index contributed by atoms with van der Waals surface area (Å²) in [7, 11) is 0. The number of ether oxygens (including phenoxy) is 2. The van der Waals surface area contributed by atoms with Crippen LogP contribution in [-0.2, 0) is 20.1 Å². The minimum Gasteiger partial charge on any atom is -0.481 e. The summed E-state index contributed by atoms with van der Waals surface area (Å²) in [4.78, 5) is 23.6. The number of rotatable bonds is 3. The van der Waals surface area contributed by atoms with Gasteiger partial charge in [0.1, 0.15) is 6.42 Å². The molecule has 0 bridgehead atoms. The van der Waals surface area contributed by atoms with Crippen LogP contribution >= 0.6 is 11.8 Å². The minimum atomic E-state index is -1.12. The molecule has 1 aromatic rings. The second kappa shape index (κ2) is 5.20. The summed E-state index contributed by atoms with van der Waals surface area (Å²) in [5, 5.41) is 8.71. The molecule has 0 amide bonds. The van der Waals surface area contributed by atoms with E-state index < -0.39 is 24.0 Å². The molecule has 0 atom stereocenters. The average molecular weight is 294 g/mol. The molecule has 6 heteroatoms. The molecular formula is C14H14O5S. The quantitative estimate of drug-likeness (QED) is 0.679. The van der Waals surface area contributed by atoms with Crippen LogP contribution in [0.15, 0.2) is 23.1 Å². The number of carbonyl (C=O) groups excluding carboxylic acids is 1. The van der Waals surface area contributed by atoms with Crippen LogP contribution in [0, 0.1) is 0 Å². The molecule has 1 aromatic carbocycles. The minimum absolute atomic E-state index is 0.395. The van der Waals surface area contributed by atoms with E-state index in [-0.39, 0.29) is 0 Å². The maximum Gasteiger partial charge on any atom is 0.311 e. The zero-order chi connectivity index (χ0) is 14.2. The number of aliphatic carboxylic acids is 1. The molecule has 1 fully saturated rings. The number of carboxylic acid groups (broad SMARTS) is 1. The first-order valence-electron chi connectivity index (χ1n) is 6.41. The lowest BCUT2D eigenvalue weighted by molar-refractivity contribution is -0.169. The number of carbonyl (C=O) groups is 2. The lowest BCUT2D eigenvalue weighted by Crippen LogP contribution is -2.31. The molecule has 5 nitrogen and oxygen atoms in total. The average Bonchev–Trinajstić information content (AvgIpc) is 2.87. The second-order valence-electron chi connectivity index (χ2n) is 4.75. The van der Waals surface area contributed by atoms with E-state index in [9.17, 15) is 9.59 Å². The Hall–Kier alpha value is -1.37. The molecule has 2 heterocycles. The third kappa shape index (κ3) is 2.34. The predicted molar refractivity (Wildman–Crippen MR) is 71.9 cm³/mol. The highest BCUT2D eigenvalue weighted by atomic mass is 32.2. The second-order valence-corrected chi connectivity index (χ2v) is 5.89. The molecule has 0 unspecified atom stereocenters. The van der Waals surface area contributed by atoms with Gasteiger partial charge in [0.15, 0.2) is 11.6 Å². The van der Waals surface area contributed by atoms with Crippen molar-refractivity contribution in [1.29, 1.82) is 0 Å². The van der Waals surface area contributed by atoms with Gasteiger partial charge in [-0.1, -0.05) is 6.07 Å². The van der Waals surface area contributed by atoms with Crippen molar-refractivity contribution >= 4 is 23.5 Å². The van der Waals surface area contributed by atoms with E-state index in [0.29, 0.717) is 18.8 Å². The first kappa shape index (κ1) is 13.6. The van der Waals surface area contributed by atoms with Crippen LogP contribution in [0.1, 0.15) is 28.8 Å². The molecule has 0 radical (unpaired) electrons. The van der Waals surface area contributed by atoms with Gasteiger partial charge >= 0.3 is 5.97 Å². The summed E-state index contributed by atoms with van der Waals surface area (Å²) in [5.74, 6) is -1.37. The molecule has 20 heavy (non-hydrogen) atoms. The van der Waals surface area contributed by atoms with Crippen LogP contribution < -0.4 is 0 Å². The van der Waals surface area contributed by atoms with Gasteiger partial charge in [-0.05, 0) is 12.1 Å². The summed E-state index contributed by atoms with van der Waals surface area (Å²) in [6, 6.07) is 5.24. The van der Waals surface area contributed by atoms with Gasteiger partial charge in [0, 0.05) is 28.2 Å². The molecule has 1 spiro atoms. The number of thioether (sulfide) groups is 1. The number of hydrogen-bond donors (Lipinski definition) is 1. The van der Waals surface area contributed by atoms with Gasteiger partial charge in [-0.3, -0.25) is 9.59 Å². The van der Waals surface area contributed by atoms with E-state index in [2.05, 4.69) is 0 Å². The fourth-order valence-corrected chi connectivity index (χ4v) is 3.68. The van der Waals surface area contributed by atoms with E-state index in [4.69, 9.17) is 14.6 Å². The van der Waals surface area contributed by atoms with Crippen LogP contribution in [0.4, 0.5) is 0 Å². The predicted octanol–water partition coefficient (Wildman–Crippen LogP) is 2.04. The monoisotopic (exact) mass is 294 g/mol. The molecule has 3 rings (SSSR count). The fraction of sp³-hybridized carbons (Fsp3) is 0.429. The third-order valence-electron chi connectivity index (χ3n) is 3.47. The maximum absolute atomic E-state index is 11.9. The number of hydrogen-bond acceptors (Lipinski definition) is 5. The van der Waals surface area contributed by atoms with Crippen molar-refractivity contribution < 1.29 is 24.2 Å². The van der Waals surface area contributed by atoms with Crippen molar-refractivity contribution in [3.05, 3.63) is 29.3 Å². The Kier molecular flexibility index (Phi) is 3.54. The summed E-state index contributed by atoms with van der Waals surface area (Å²) in [6.45, 7) is 1.08. The molecule has 0 saturated carbocycles. The fourth-order valence-electron chi connectivity index (χ4n) is 2.55. The van der Waals surface area contributed by atoms with Gasteiger partial charge in [-0.25, -0.2) is 0 Å². The SMILES string of the molecule is O=C(O)CC(=O)c1ccc2c(c1)C1(CCS2)OCCO1. The smallest absolute Gasteiger partial charge is 0.311 e. The molecule has 2 aliphatic rings. The van der Waals surface area contributed by atoms with Crippen LogP contribution in [0.25, 0.3) is 0 Å². The van der Waals surface area contributed by atoms with Crippen molar-refractivity contribution in [1.82, 2.24) is 0 Å². The van der Waals surface area contributed by atoms with Gasteiger partial charge in [0.25, 0.3) is 0 Å². The first-order valence-corrected chi connectivity index (χ1v) is 7.39. The van der Waals surface area contributed by atoms with Crippen LogP contribution in [-0.4, -0.2) is 35.8 Å². The van der Waals surface area contributed by atoms with Crippen molar-refractivity contribution in [3.63, 3.8) is 0 Å². The number of carboxylic acids is 1. The maximum atomic E-state index is 11.9. The molecule has 1 N–H and O–H groups in total. The van der Waals surface area contributed by atoms with Crippen LogP contribution in [0.3, 0.4) is 0 Å². The van der Waals surface area contributed by atoms with E-state index in [0.717, 1.165) is 22.6 Å². The van der Waals surface area contributed by atoms with Crippen LogP contribution in [0.2, 0.25) is 0 Å². The summed E-state index contributed by atoms with van der Waals surface area (Å²) < 4.78 is 11.5. The van der Waals surface area contributed by atoms with Crippen molar-refractivity contribution in [2.75, 3.05) is 19.0 Å². The highest BCUT2D eigenvalue weighted by Crippen LogP contribution is 2.45. The summed E-state index contributed by atoms with van der Waals surface area (Å²) in [5.41, 5.74) is 1.25. The first-order chi connectivity index (χ1) is 9.61. The van der Waals surface area contributed by atoms with Gasteiger partial charge in [-0.15, -0.1) is 11.8 Å². The Morgan fingerprint density at radius 1 is 1.30 bits per heavy atom. The molecule has 106 valence electrons. The van der Waals surface area contributed by atoms with E-state index >= 15 is 0 Å². The van der Waals surface area contributed by atoms with Gasteiger partial charge < -0.3 is 14.6 Å². The Bertz CT molecular complexity index is 563. The van der Waals surface area contributed by atoms with E-state index in [1.54, 1.807) is 23.9 Å². The summed E-state index contributed by atoms with van der Waals surface area (Å²) >= 11 is 1.70. The van der Waals surface area contributed by atoms with Gasteiger partial charge in [0.05, 0.1) is 13.2 Å². The van der Waals surface area contributed by atoms with E-state index in [1.165, 1.54) is 0 Å². The van der Waals surface area contributed by atoms with Crippen LogP contribution in [0.5, 0.6) is 0 Å². The topological polar surface area (TPSA) is 72.8 Å². The van der Waals surface area contributed by atoms with Crippen molar-refractivity contribution in [3.8, 4) is 0 Å². The largest absolute Gasteiger partial charge is 0.481 e. The molecular weight excluding hydrogens is 280 g/mol. The third-order valence-corrected chi connectivity index (χ3v) is 4.54. The number of benzene rings is 1. The number of fused-ring (bicyclic) bond motifs is 2. The van der Waals surface area contributed by atoms with E-state index in [1.807, 2.05) is 6.07 Å². The highest BCUT2D eigenvalue weighted by Gasteiger charge is 2.42. The number of ketones is 1. The lowest BCUT2D eigenvalue weighted by Gasteiger charge is -2.33. The summed E-state index contributed by atoms with van der Waals surface area (Å²) in [6.07, 6.45) is 0.238. The zero-order valence-corrected chi connectivity index (χ0v) is 11.6. The van der Waals surface area contributed by atoms with Gasteiger partial charge in [-0.2, -0.15) is 0 Å². The Balaban J connectivity index is 1.98. The Morgan fingerprint density at radius 3 is 2.75 bits per heavy atom. The normalized spacial score (nSPS) is 19.8. The zero-order valence-electron chi connectivity index (χ0n) is 10.8. The van der Waals surface area contributed by atoms with Crippen molar-refractivity contribution in [2.24, 2.45) is 0 Å². The lowest BCUT2D eigenvalue weighted by atomic mass is 9.97. The highest BCUT2D eigenvalue weighted by molar-refractivity contribution is 7.99. The molecule has 0 aliphatic carbocycles. The molecule has 1 saturated heterocycles. The standard InChI is InChI=1S/C14H14O5S/c15-11(8-13(16)17)9-1-2-12-10(7-9)14(3-6-20-12)18-4-5-19-14/h1-2,7H,3-6,8H2,(H,16,17). The van der Waals surface area contributed by atoms with Gasteiger partial charge in [0.2, 0.25) is 0 Å². The molecule has 0 aromatic heterocycles. The Labute approximate surface area is 120 Å². The molecule has 2 aliphatic heterocycles. The Morgan fingerprint density at radius 2 is 2.05 bits per heavy atom.